The van der Waals surface area contributed by atoms with Crippen LogP contribution in [0, 0.1) is 12.7 Å². The van der Waals surface area contributed by atoms with Gasteiger partial charge in [0, 0.05) is 38.8 Å². The van der Waals surface area contributed by atoms with Crippen molar-refractivity contribution < 1.29 is 31.1 Å². The fraction of sp³-hybridized carbons (Fsp3) is 0.179. The molecule has 0 saturated carbocycles. The Bertz CT molecular complexity index is 1870. The van der Waals surface area contributed by atoms with Crippen LogP contribution in [0.1, 0.15) is 38.7 Å². The fourth-order valence-electron chi connectivity index (χ4n) is 5.29. The second-order valence-electron chi connectivity index (χ2n) is 9.63. The summed E-state index contributed by atoms with van der Waals surface area (Å²) in [5, 5.41) is 10.3. The lowest BCUT2D eigenvalue weighted by atomic mass is 9.94. The van der Waals surface area contributed by atoms with Gasteiger partial charge in [-0.2, -0.15) is 18.3 Å². The van der Waals surface area contributed by atoms with Crippen LogP contribution >= 0.6 is 11.6 Å². The average Bonchev–Trinajstić information content (AvgIpc) is 3.45. The highest BCUT2D eigenvalue weighted by Gasteiger charge is 2.37. The second-order valence-corrected chi connectivity index (χ2v) is 10.0. The second kappa shape index (κ2) is 9.65. The van der Waals surface area contributed by atoms with Gasteiger partial charge in [-0.15, -0.1) is 0 Å². The minimum atomic E-state index is -4.64. The molecule has 2 aromatic heterocycles. The first-order chi connectivity index (χ1) is 19.4. The van der Waals surface area contributed by atoms with E-state index in [-0.39, 0.29) is 54.9 Å². The van der Waals surface area contributed by atoms with E-state index in [1.165, 1.54) is 43.6 Å². The largest absolute Gasteiger partial charge is 0.417 e. The highest BCUT2D eigenvalue weighted by Crippen LogP contribution is 2.44. The molecule has 3 heterocycles. The molecule has 6 nitrogen and oxygen atoms in total. The summed E-state index contributed by atoms with van der Waals surface area (Å²) in [6.45, 7) is 0.756. The van der Waals surface area contributed by atoms with Crippen LogP contribution < -0.4 is 10.6 Å². The lowest BCUT2D eigenvalue weighted by molar-refractivity contribution is -0.136. The van der Waals surface area contributed by atoms with Crippen molar-refractivity contribution in [3.05, 3.63) is 93.5 Å². The molecule has 41 heavy (non-hydrogen) atoms. The summed E-state index contributed by atoms with van der Waals surface area (Å²) in [7, 11) is 0. The third-order valence-electron chi connectivity index (χ3n) is 6.94. The molecule has 0 spiro atoms. The van der Waals surface area contributed by atoms with Crippen molar-refractivity contribution in [3.8, 4) is 0 Å². The quantitative estimate of drug-likeness (QED) is 0.208. The Morgan fingerprint density at radius 3 is 2.61 bits per heavy atom. The Morgan fingerprint density at radius 2 is 1.88 bits per heavy atom. The summed E-state index contributed by atoms with van der Waals surface area (Å²) in [6.07, 6.45) is -4.90. The summed E-state index contributed by atoms with van der Waals surface area (Å²) in [4.78, 5) is 17.6. The Balaban J connectivity index is 1.62. The Hall–Kier alpha value is -4.32. The zero-order valence-corrected chi connectivity index (χ0v) is 21.7. The molecule has 1 aliphatic rings. The first-order valence-corrected chi connectivity index (χ1v) is 12.6. The summed E-state index contributed by atoms with van der Waals surface area (Å²) in [5.41, 5.74) is 0.426. The van der Waals surface area contributed by atoms with E-state index in [1.807, 2.05) is 0 Å². The van der Waals surface area contributed by atoms with Gasteiger partial charge in [0.1, 0.15) is 18.2 Å². The van der Waals surface area contributed by atoms with Crippen molar-refractivity contribution in [3.63, 3.8) is 0 Å². The number of amides is 1. The first kappa shape index (κ1) is 26.9. The van der Waals surface area contributed by atoms with Gasteiger partial charge in [0.05, 0.1) is 28.9 Å². The smallest absolute Gasteiger partial charge is 0.341 e. The van der Waals surface area contributed by atoms with Gasteiger partial charge in [-0.25, -0.2) is 18.2 Å². The molecule has 6 rings (SSSR count). The Morgan fingerprint density at radius 1 is 1.10 bits per heavy atom. The number of benzene rings is 3. The molecule has 3 aromatic carbocycles. The molecule has 0 radical (unpaired) electrons. The molecule has 1 unspecified atom stereocenters. The summed E-state index contributed by atoms with van der Waals surface area (Å²) >= 11 is 6.38. The molecule has 210 valence electrons. The molecule has 0 fully saturated rings. The van der Waals surface area contributed by atoms with Gasteiger partial charge in [-0.1, -0.05) is 11.6 Å². The number of pyridine rings is 1. The van der Waals surface area contributed by atoms with E-state index in [0.717, 1.165) is 22.9 Å². The SMILES string of the molecule is Cc1cc(C(F)(F)F)c2ccnc(Nc3cc4c(cnn4CC(F)F)c4c3C(c3cc(F)ccc3Cl)NC4=O)c2c1. The number of hydrogen-bond donors (Lipinski definition) is 2. The van der Waals surface area contributed by atoms with Crippen LogP contribution in [0.4, 0.5) is 37.8 Å². The summed E-state index contributed by atoms with van der Waals surface area (Å²) < 4.78 is 83.6. The normalized spacial score (nSPS) is 15.1. The van der Waals surface area contributed by atoms with E-state index in [9.17, 15) is 31.1 Å². The fourth-order valence-corrected chi connectivity index (χ4v) is 5.52. The minimum absolute atomic E-state index is 0.0293. The summed E-state index contributed by atoms with van der Waals surface area (Å²) in [6, 6.07) is 7.93. The maximum Gasteiger partial charge on any atom is 0.417 e. The van der Waals surface area contributed by atoms with Crippen LogP contribution in [0.5, 0.6) is 0 Å². The maximum absolute atomic E-state index is 14.3. The maximum atomic E-state index is 14.3. The van der Waals surface area contributed by atoms with Crippen molar-refractivity contribution in [1.82, 2.24) is 20.1 Å². The predicted octanol–water partition coefficient (Wildman–Crippen LogP) is 7.55. The number of aromatic nitrogens is 3. The molecular weight excluding hydrogens is 572 g/mol. The van der Waals surface area contributed by atoms with Crippen LogP contribution in [0.2, 0.25) is 5.02 Å². The lowest BCUT2D eigenvalue weighted by Crippen LogP contribution is -2.20. The van der Waals surface area contributed by atoms with Crippen molar-refractivity contribution in [2.75, 3.05) is 5.32 Å². The molecular formula is C28H18ClF6N5O. The summed E-state index contributed by atoms with van der Waals surface area (Å²) in [5.74, 6) is -1.17. The topological polar surface area (TPSA) is 71.8 Å². The number of nitrogens with one attached hydrogen (secondary N) is 2. The van der Waals surface area contributed by atoms with Gasteiger partial charge in [-0.05, 0) is 60.3 Å². The van der Waals surface area contributed by atoms with Crippen LogP contribution in [0.15, 0.2) is 54.9 Å². The number of alkyl halides is 5. The number of carbonyl (C=O) groups is 1. The van der Waals surface area contributed by atoms with Crippen molar-refractivity contribution in [2.24, 2.45) is 0 Å². The molecule has 1 amide bonds. The molecule has 1 atom stereocenters. The molecule has 1 aliphatic heterocycles. The number of aryl methyl sites for hydroxylation is 1. The van der Waals surface area contributed by atoms with Crippen LogP contribution in [0.25, 0.3) is 21.7 Å². The first-order valence-electron chi connectivity index (χ1n) is 12.2. The number of fused-ring (bicyclic) bond motifs is 4. The van der Waals surface area contributed by atoms with Gasteiger partial charge in [0.15, 0.2) is 0 Å². The van der Waals surface area contributed by atoms with Crippen molar-refractivity contribution >= 4 is 50.7 Å². The Labute approximate surface area is 232 Å². The van der Waals surface area contributed by atoms with E-state index < -0.39 is 42.5 Å². The van der Waals surface area contributed by atoms with Gasteiger partial charge in [-0.3, -0.25) is 9.48 Å². The minimum Gasteiger partial charge on any atom is -0.341 e. The van der Waals surface area contributed by atoms with Gasteiger partial charge in [0.2, 0.25) is 0 Å². The number of rotatable bonds is 5. The third-order valence-corrected chi connectivity index (χ3v) is 7.29. The number of hydrogen-bond acceptors (Lipinski definition) is 4. The van der Waals surface area contributed by atoms with Crippen LogP contribution in [-0.2, 0) is 12.7 Å². The molecule has 13 heteroatoms. The molecule has 5 aromatic rings. The number of carbonyl (C=O) groups excluding carboxylic acids is 1. The zero-order valence-electron chi connectivity index (χ0n) is 21.0. The molecule has 0 bridgehead atoms. The van der Waals surface area contributed by atoms with Gasteiger partial charge < -0.3 is 10.6 Å². The van der Waals surface area contributed by atoms with E-state index >= 15 is 0 Å². The molecule has 0 saturated heterocycles. The Kier molecular flexibility index (Phi) is 6.33. The van der Waals surface area contributed by atoms with Gasteiger partial charge in [0.25, 0.3) is 12.3 Å². The highest BCUT2D eigenvalue weighted by molar-refractivity contribution is 6.31. The number of anilines is 2. The third kappa shape index (κ3) is 4.61. The van der Waals surface area contributed by atoms with E-state index in [1.54, 1.807) is 0 Å². The monoisotopic (exact) mass is 589 g/mol. The standard InChI is InChI=1S/C28H18ClF6N5O/c1-12-6-15-14(18(7-12)28(33,34)35)4-5-36-26(15)38-20-9-21-17(10-37-40(21)11-22(31)32)23-24(20)25(39-27(23)41)16-8-13(30)2-3-19(16)29/h2-10,22,25H,11H2,1H3,(H,36,38)(H,39,41). The van der Waals surface area contributed by atoms with Crippen LogP contribution in [-0.4, -0.2) is 27.1 Å². The van der Waals surface area contributed by atoms with Crippen molar-refractivity contribution in [2.45, 2.75) is 32.1 Å². The van der Waals surface area contributed by atoms with E-state index in [2.05, 4.69) is 20.7 Å². The number of nitrogens with zero attached hydrogens (tertiary/aromatic N) is 3. The van der Waals surface area contributed by atoms with Gasteiger partial charge >= 0.3 is 6.18 Å². The number of halogens is 7. The average molecular weight is 590 g/mol. The highest BCUT2D eigenvalue weighted by atomic mass is 35.5. The van der Waals surface area contributed by atoms with E-state index in [4.69, 9.17) is 11.6 Å². The van der Waals surface area contributed by atoms with Crippen LogP contribution in [0.3, 0.4) is 0 Å². The van der Waals surface area contributed by atoms with Crippen molar-refractivity contribution in [1.29, 1.82) is 0 Å². The lowest BCUT2D eigenvalue weighted by Gasteiger charge is -2.20. The van der Waals surface area contributed by atoms with E-state index in [0.29, 0.717) is 5.56 Å². The predicted molar refractivity (Wildman–Crippen MR) is 141 cm³/mol. The molecule has 2 N–H and O–H groups in total. The molecule has 0 aliphatic carbocycles. The zero-order chi connectivity index (χ0) is 29.2.